The van der Waals surface area contributed by atoms with Crippen LogP contribution < -0.4 is 14.2 Å². The second kappa shape index (κ2) is 5.99. The van der Waals surface area contributed by atoms with Crippen LogP contribution in [0.3, 0.4) is 0 Å². The predicted octanol–water partition coefficient (Wildman–Crippen LogP) is 2.29. The SMILES string of the molecule is COc1ccc2c(c1)OCC(Cc1cc(OC)ncn1)C2. The Hall–Kier alpha value is -2.30. The van der Waals surface area contributed by atoms with E-state index in [4.69, 9.17) is 14.2 Å². The third-order valence-electron chi connectivity index (χ3n) is 3.66. The maximum atomic E-state index is 5.85. The van der Waals surface area contributed by atoms with Gasteiger partial charge in [0.15, 0.2) is 0 Å². The van der Waals surface area contributed by atoms with E-state index >= 15 is 0 Å². The van der Waals surface area contributed by atoms with Gasteiger partial charge in [-0.2, -0.15) is 0 Å². The average Bonchev–Trinajstić information content (AvgIpc) is 2.54. The molecular formula is C16H18N2O3. The highest BCUT2D eigenvalue weighted by molar-refractivity contribution is 5.42. The quantitative estimate of drug-likeness (QED) is 0.863. The smallest absolute Gasteiger partial charge is 0.216 e. The minimum Gasteiger partial charge on any atom is -0.497 e. The van der Waals surface area contributed by atoms with Crippen LogP contribution in [-0.2, 0) is 12.8 Å². The van der Waals surface area contributed by atoms with Gasteiger partial charge >= 0.3 is 0 Å². The minimum absolute atomic E-state index is 0.408. The number of benzene rings is 1. The fourth-order valence-electron chi connectivity index (χ4n) is 2.57. The molecule has 1 atom stereocenters. The highest BCUT2D eigenvalue weighted by atomic mass is 16.5. The van der Waals surface area contributed by atoms with Gasteiger partial charge in [0.25, 0.3) is 0 Å². The molecule has 0 saturated heterocycles. The molecule has 5 nitrogen and oxygen atoms in total. The molecule has 1 aromatic heterocycles. The van der Waals surface area contributed by atoms with Gasteiger partial charge in [0.05, 0.1) is 20.8 Å². The average molecular weight is 286 g/mol. The molecule has 1 aromatic carbocycles. The molecule has 0 fully saturated rings. The van der Waals surface area contributed by atoms with E-state index in [1.807, 2.05) is 18.2 Å². The molecule has 1 aliphatic rings. The zero-order valence-electron chi connectivity index (χ0n) is 12.2. The number of nitrogens with zero attached hydrogens (tertiary/aromatic N) is 2. The molecule has 0 aliphatic carbocycles. The van der Waals surface area contributed by atoms with Crippen LogP contribution in [0.4, 0.5) is 0 Å². The summed E-state index contributed by atoms with van der Waals surface area (Å²) in [6.45, 7) is 0.687. The van der Waals surface area contributed by atoms with E-state index in [1.54, 1.807) is 14.2 Å². The largest absolute Gasteiger partial charge is 0.497 e. The Morgan fingerprint density at radius 1 is 1.19 bits per heavy atom. The van der Waals surface area contributed by atoms with Crippen molar-refractivity contribution in [3.05, 3.63) is 41.9 Å². The van der Waals surface area contributed by atoms with Crippen molar-refractivity contribution in [2.75, 3.05) is 20.8 Å². The first kappa shape index (κ1) is 13.7. The monoisotopic (exact) mass is 286 g/mol. The van der Waals surface area contributed by atoms with Crippen LogP contribution in [0.15, 0.2) is 30.6 Å². The van der Waals surface area contributed by atoms with E-state index in [0.717, 1.165) is 30.0 Å². The molecule has 2 heterocycles. The number of hydrogen-bond donors (Lipinski definition) is 0. The summed E-state index contributed by atoms with van der Waals surface area (Å²) in [6, 6.07) is 7.86. The summed E-state index contributed by atoms with van der Waals surface area (Å²) >= 11 is 0. The molecule has 0 spiro atoms. The van der Waals surface area contributed by atoms with Crippen molar-refractivity contribution in [1.82, 2.24) is 9.97 Å². The summed E-state index contributed by atoms with van der Waals surface area (Å²) in [4.78, 5) is 8.33. The Morgan fingerprint density at radius 2 is 2.10 bits per heavy atom. The van der Waals surface area contributed by atoms with Crippen LogP contribution in [0.25, 0.3) is 0 Å². The summed E-state index contributed by atoms with van der Waals surface area (Å²) in [5.74, 6) is 2.76. The third kappa shape index (κ3) is 3.07. The third-order valence-corrected chi connectivity index (χ3v) is 3.66. The standard InChI is InChI=1S/C16H18N2O3/c1-19-14-4-3-12-5-11(9-21-15(12)8-14)6-13-7-16(20-2)18-10-17-13/h3-4,7-8,10-11H,5-6,9H2,1-2H3. The molecule has 2 aromatic rings. The van der Waals surface area contributed by atoms with Gasteiger partial charge in [0, 0.05) is 23.7 Å². The summed E-state index contributed by atoms with van der Waals surface area (Å²) in [6.07, 6.45) is 3.37. The molecule has 0 bridgehead atoms. The Labute approximate surface area is 123 Å². The van der Waals surface area contributed by atoms with E-state index < -0.39 is 0 Å². The molecule has 0 radical (unpaired) electrons. The second-order valence-corrected chi connectivity index (χ2v) is 5.11. The van der Waals surface area contributed by atoms with Crippen molar-refractivity contribution in [1.29, 1.82) is 0 Å². The molecule has 5 heteroatoms. The lowest BCUT2D eigenvalue weighted by Crippen LogP contribution is -2.23. The highest BCUT2D eigenvalue weighted by Crippen LogP contribution is 2.32. The number of fused-ring (bicyclic) bond motifs is 1. The Kier molecular flexibility index (Phi) is 3.90. The second-order valence-electron chi connectivity index (χ2n) is 5.11. The Morgan fingerprint density at radius 3 is 2.90 bits per heavy atom. The van der Waals surface area contributed by atoms with Crippen LogP contribution >= 0.6 is 0 Å². The van der Waals surface area contributed by atoms with Gasteiger partial charge in [-0.3, -0.25) is 0 Å². The van der Waals surface area contributed by atoms with Crippen LogP contribution in [0.5, 0.6) is 17.4 Å². The van der Waals surface area contributed by atoms with Crippen molar-refractivity contribution >= 4 is 0 Å². The number of aromatic nitrogens is 2. The predicted molar refractivity (Wildman–Crippen MR) is 78.0 cm³/mol. The molecule has 21 heavy (non-hydrogen) atoms. The fourth-order valence-corrected chi connectivity index (χ4v) is 2.57. The first-order valence-corrected chi connectivity index (χ1v) is 6.93. The lowest BCUT2D eigenvalue weighted by molar-refractivity contribution is 0.219. The van der Waals surface area contributed by atoms with Crippen LogP contribution in [0.2, 0.25) is 0 Å². The topological polar surface area (TPSA) is 53.5 Å². The van der Waals surface area contributed by atoms with Gasteiger partial charge in [-0.05, 0) is 24.5 Å². The Bertz CT molecular complexity index is 631. The molecule has 3 rings (SSSR count). The van der Waals surface area contributed by atoms with Crippen molar-refractivity contribution in [2.24, 2.45) is 5.92 Å². The maximum absolute atomic E-state index is 5.85. The van der Waals surface area contributed by atoms with E-state index in [2.05, 4.69) is 16.0 Å². The summed E-state index contributed by atoms with van der Waals surface area (Å²) in [5.41, 5.74) is 2.19. The molecular weight excluding hydrogens is 268 g/mol. The summed E-state index contributed by atoms with van der Waals surface area (Å²) in [7, 11) is 3.27. The van der Waals surface area contributed by atoms with Gasteiger partial charge in [-0.1, -0.05) is 6.07 Å². The molecule has 110 valence electrons. The van der Waals surface area contributed by atoms with Gasteiger partial charge in [-0.25, -0.2) is 9.97 Å². The van der Waals surface area contributed by atoms with E-state index in [9.17, 15) is 0 Å². The Balaban J connectivity index is 1.71. The molecule has 1 unspecified atom stereocenters. The van der Waals surface area contributed by atoms with Crippen LogP contribution in [0.1, 0.15) is 11.3 Å². The number of ether oxygens (including phenoxy) is 3. The fraction of sp³-hybridized carbons (Fsp3) is 0.375. The molecule has 0 amide bonds. The zero-order chi connectivity index (χ0) is 14.7. The minimum atomic E-state index is 0.408. The molecule has 0 N–H and O–H groups in total. The van der Waals surface area contributed by atoms with Crippen LogP contribution in [0, 0.1) is 5.92 Å². The number of methoxy groups -OCH3 is 2. The van der Waals surface area contributed by atoms with E-state index in [1.165, 1.54) is 11.9 Å². The number of hydrogen-bond acceptors (Lipinski definition) is 5. The summed E-state index contributed by atoms with van der Waals surface area (Å²) in [5, 5.41) is 0. The van der Waals surface area contributed by atoms with Crippen molar-refractivity contribution in [3.8, 4) is 17.4 Å². The van der Waals surface area contributed by atoms with Gasteiger partial charge in [-0.15, -0.1) is 0 Å². The van der Waals surface area contributed by atoms with E-state index in [0.29, 0.717) is 18.4 Å². The molecule has 0 saturated carbocycles. The van der Waals surface area contributed by atoms with Gasteiger partial charge in [0.2, 0.25) is 5.88 Å². The zero-order valence-corrected chi connectivity index (χ0v) is 12.2. The van der Waals surface area contributed by atoms with E-state index in [-0.39, 0.29) is 0 Å². The first-order chi connectivity index (χ1) is 10.3. The van der Waals surface area contributed by atoms with Gasteiger partial charge in [0.1, 0.15) is 17.8 Å². The van der Waals surface area contributed by atoms with Crippen molar-refractivity contribution in [3.63, 3.8) is 0 Å². The maximum Gasteiger partial charge on any atom is 0.216 e. The molecule has 1 aliphatic heterocycles. The first-order valence-electron chi connectivity index (χ1n) is 6.93. The van der Waals surface area contributed by atoms with Crippen molar-refractivity contribution < 1.29 is 14.2 Å². The summed E-state index contributed by atoms with van der Waals surface area (Å²) < 4.78 is 16.2. The normalized spacial score (nSPS) is 16.8. The number of rotatable bonds is 4. The lowest BCUT2D eigenvalue weighted by Gasteiger charge is -2.25. The van der Waals surface area contributed by atoms with Crippen LogP contribution in [-0.4, -0.2) is 30.8 Å². The highest BCUT2D eigenvalue weighted by Gasteiger charge is 2.21. The van der Waals surface area contributed by atoms with Crippen molar-refractivity contribution in [2.45, 2.75) is 12.8 Å². The lowest BCUT2D eigenvalue weighted by atomic mass is 9.92. The van der Waals surface area contributed by atoms with Gasteiger partial charge < -0.3 is 14.2 Å².